The number of aromatic amines is 1. The second-order valence-corrected chi connectivity index (χ2v) is 5.28. The van der Waals surface area contributed by atoms with Gasteiger partial charge in [0.05, 0.1) is 17.4 Å². The number of nitrogens with one attached hydrogen (secondary N) is 2. The summed E-state index contributed by atoms with van der Waals surface area (Å²) in [4.78, 5) is 12.2. The number of carbonyl (C=O) groups is 1. The van der Waals surface area contributed by atoms with Crippen molar-refractivity contribution in [2.75, 3.05) is 5.73 Å². The van der Waals surface area contributed by atoms with Crippen molar-refractivity contribution >= 4 is 11.6 Å². The third-order valence-corrected chi connectivity index (χ3v) is 3.68. The number of amides is 1. The van der Waals surface area contributed by atoms with E-state index in [1.165, 1.54) is 0 Å². The van der Waals surface area contributed by atoms with E-state index < -0.39 is 0 Å². The molecule has 1 unspecified atom stereocenters. The van der Waals surface area contributed by atoms with E-state index in [0.29, 0.717) is 17.3 Å². The van der Waals surface area contributed by atoms with Gasteiger partial charge in [-0.3, -0.25) is 9.89 Å². The van der Waals surface area contributed by atoms with Gasteiger partial charge in [0.15, 0.2) is 5.69 Å². The zero-order chi connectivity index (χ0) is 14.1. The Kier molecular flexibility index (Phi) is 3.18. The normalized spacial score (nSPS) is 15.8. The maximum Gasteiger partial charge on any atom is 0.274 e. The second kappa shape index (κ2) is 5.00. The van der Waals surface area contributed by atoms with Gasteiger partial charge in [-0.2, -0.15) is 5.10 Å². The molecule has 1 saturated carbocycles. The molecule has 0 aliphatic heterocycles. The van der Waals surface area contributed by atoms with E-state index in [0.717, 1.165) is 24.1 Å². The first-order valence-corrected chi connectivity index (χ1v) is 6.86. The number of hydrogen-bond acceptors (Lipinski definition) is 3. The highest BCUT2D eigenvalue weighted by Gasteiger charge is 2.30. The van der Waals surface area contributed by atoms with Gasteiger partial charge in [-0.25, -0.2) is 0 Å². The number of hydrogen-bond donors (Lipinski definition) is 3. The zero-order valence-electron chi connectivity index (χ0n) is 11.4. The number of rotatable bonds is 4. The highest BCUT2D eigenvalue weighted by Crippen LogP contribution is 2.42. The van der Waals surface area contributed by atoms with Crippen molar-refractivity contribution in [1.29, 1.82) is 0 Å². The molecule has 2 aromatic rings. The van der Waals surface area contributed by atoms with Crippen molar-refractivity contribution in [3.05, 3.63) is 47.3 Å². The minimum atomic E-state index is -0.234. The Balaban J connectivity index is 1.73. The first kappa shape index (κ1) is 12.7. The summed E-state index contributed by atoms with van der Waals surface area (Å²) in [6.07, 6.45) is 2.24. The van der Waals surface area contributed by atoms with Crippen molar-refractivity contribution in [3.63, 3.8) is 0 Å². The van der Waals surface area contributed by atoms with E-state index in [-0.39, 0.29) is 11.9 Å². The first-order valence-electron chi connectivity index (χ1n) is 6.86. The van der Waals surface area contributed by atoms with Crippen LogP contribution in [-0.2, 0) is 0 Å². The Morgan fingerprint density at radius 3 is 2.75 bits per heavy atom. The van der Waals surface area contributed by atoms with Crippen molar-refractivity contribution in [3.8, 4) is 0 Å². The van der Waals surface area contributed by atoms with Crippen molar-refractivity contribution in [1.82, 2.24) is 15.5 Å². The number of nitrogen functional groups attached to an aromatic ring is 1. The molecule has 1 fully saturated rings. The predicted octanol–water partition coefficient (Wildman–Crippen LogP) is 2.36. The van der Waals surface area contributed by atoms with Crippen LogP contribution in [0.1, 0.15) is 53.5 Å². The van der Waals surface area contributed by atoms with Crippen LogP contribution in [0.3, 0.4) is 0 Å². The molecule has 20 heavy (non-hydrogen) atoms. The molecule has 1 aliphatic rings. The summed E-state index contributed by atoms with van der Waals surface area (Å²) in [5.41, 5.74) is 8.75. The molecule has 1 aromatic heterocycles. The van der Waals surface area contributed by atoms with Crippen LogP contribution in [0.2, 0.25) is 0 Å². The number of H-pyrrole nitrogens is 1. The molecule has 1 aromatic carbocycles. The fraction of sp³-hybridized carbons (Fsp3) is 0.333. The number of benzene rings is 1. The van der Waals surface area contributed by atoms with Crippen LogP contribution in [0.15, 0.2) is 30.3 Å². The van der Waals surface area contributed by atoms with Gasteiger partial charge in [0, 0.05) is 5.92 Å². The number of anilines is 1. The van der Waals surface area contributed by atoms with E-state index in [4.69, 9.17) is 5.73 Å². The van der Waals surface area contributed by atoms with E-state index in [1.54, 1.807) is 0 Å². The summed E-state index contributed by atoms with van der Waals surface area (Å²) in [6, 6.07) is 9.73. The van der Waals surface area contributed by atoms with Gasteiger partial charge in [-0.15, -0.1) is 0 Å². The van der Waals surface area contributed by atoms with Crippen LogP contribution >= 0.6 is 0 Å². The molecule has 0 radical (unpaired) electrons. The Morgan fingerprint density at radius 1 is 1.40 bits per heavy atom. The molecule has 4 N–H and O–H groups in total. The molecule has 1 aliphatic carbocycles. The summed E-state index contributed by atoms with van der Waals surface area (Å²) in [5.74, 6) is 0.220. The number of carbonyl (C=O) groups excluding carboxylic acids is 1. The minimum Gasteiger partial charge on any atom is -0.395 e. The van der Waals surface area contributed by atoms with E-state index >= 15 is 0 Å². The molecule has 3 rings (SSSR count). The molecule has 0 bridgehead atoms. The number of nitrogens with zero attached hydrogens (tertiary/aromatic N) is 1. The molecule has 104 valence electrons. The summed E-state index contributed by atoms with van der Waals surface area (Å²) in [6.45, 7) is 1.94. The SMILES string of the molecule is CC(NC(=O)c1n[nH]c(C2CC2)c1N)c1ccccc1. The molecule has 1 atom stereocenters. The van der Waals surface area contributed by atoms with Gasteiger partial charge in [0.1, 0.15) is 0 Å². The second-order valence-electron chi connectivity index (χ2n) is 5.28. The lowest BCUT2D eigenvalue weighted by Crippen LogP contribution is -2.27. The van der Waals surface area contributed by atoms with Crippen LogP contribution in [0, 0.1) is 0 Å². The molecular weight excluding hydrogens is 252 g/mol. The average Bonchev–Trinajstić information content (AvgIpc) is 3.22. The van der Waals surface area contributed by atoms with Crippen LogP contribution in [-0.4, -0.2) is 16.1 Å². The van der Waals surface area contributed by atoms with Crippen LogP contribution < -0.4 is 11.1 Å². The highest BCUT2D eigenvalue weighted by molar-refractivity contribution is 5.98. The van der Waals surface area contributed by atoms with Gasteiger partial charge < -0.3 is 11.1 Å². The number of nitrogens with two attached hydrogens (primary N) is 1. The quantitative estimate of drug-likeness (QED) is 0.797. The topological polar surface area (TPSA) is 83.8 Å². The van der Waals surface area contributed by atoms with Gasteiger partial charge in [-0.1, -0.05) is 30.3 Å². The van der Waals surface area contributed by atoms with Crippen molar-refractivity contribution < 1.29 is 4.79 Å². The fourth-order valence-electron chi connectivity index (χ4n) is 2.31. The smallest absolute Gasteiger partial charge is 0.274 e. The third-order valence-electron chi connectivity index (χ3n) is 3.68. The Bertz CT molecular complexity index is 616. The Labute approximate surface area is 117 Å². The first-order chi connectivity index (χ1) is 9.66. The van der Waals surface area contributed by atoms with E-state index in [9.17, 15) is 4.79 Å². The maximum absolute atomic E-state index is 12.2. The van der Waals surface area contributed by atoms with E-state index in [1.807, 2.05) is 37.3 Å². The summed E-state index contributed by atoms with van der Waals surface area (Å²) < 4.78 is 0. The molecular formula is C15H18N4O. The average molecular weight is 270 g/mol. The van der Waals surface area contributed by atoms with E-state index in [2.05, 4.69) is 15.5 Å². The summed E-state index contributed by atoms with van der Waals surface area (Å²) >= 11 is 0. The van der Waals surface area contributed by atoms with Gasteiger partial charge in [0.2, 0.25) is 0 Å². The lowest BCUT2D eigenvalue weighted by atomic mass is 10.1. The lowest BCUT2D eigenvalue weighted by Gasteiger charge is -2.13. The fourth-order valence-corrected chi connectivity index (χ4v) is 2.31. The van der Waals surface area contributed by atoms with Gasteiger partial charge in [-0.05, 0) is 25.3 Å². The Hall–Kier alpha value is -2.30. The molecule has 1 amide bonds. The summed E-state index contributed by atoms with van der Waals surface area (Å²) in [7, 11) is 0. The van der Waals surface area contributed by atoms with Crippen LogP contribution in [0.5, 0.6) is 0 Å². The maximum atomic E-state index is 12.2. The molecule has 5 heteroatoms. The summed E-state index contributed by atoms with van der Waals surface area (Å²) in [5, 5.41) is 9.88. The van der Waals surface area contributed by atoms with Crippen molar-refractivity contribution in [2.24, 2.45) is 0 Å². The van der Waals surface area contributed by atoms with Crippen LogP contribution in [0.25, 0.3) is 0 Å². The van der Waals surface area contributed by atoms with Crippen LogP contribution in [0.4, 0.5) is 5.69 Å². The minimum absolute atomic E-state index is 0.0795. The predicted molar refractivity (Wildman–Crippen MR) is 77.3 cm³/mol. The molecule has 0 saturated heterocycles. The van der Waals surface area contributed by atoms with Crippen molar-refractivity contribution in [2.45, 2.75) is 31.7 Å². The zero-order valence-corrected chi connectivity index (χ0v) is 11.4. The third kappa shape index (κ3) is 2.39. The van der Waals surface area contributed by atoms with Gasteiger partial charge >= 0.3 is 0 Å². The molecule has 1 heterocycles. The highest BCUT2D eigenvalue weighted by atomic mass is 16.2. The van der Waals surface area contributed by atoms with Gasteiger partial charge in [0.25, 0.3) is 5.91 Å². The largest absolute Gasteiger partial charge is 0.395 e. The lowest BCUT2D eigenvalue weighted by molar-refractivity contribution is 0.0935. The molecule has 0 spiro atoms. The Morgan fingerprint density at radius 2 is 2.10 bits per heavy atom. The molecule has 5 nitrogen and oxygen atoms in total. The standard InChI is InChI=1S/C15H18N4O/c1-9(10-5-3-2-4-6-10)17-15(20)14-12(16)13(18-19-14)11-7-8-11/h2-6,9,11H,7-8,16H2,1H3,(H,17,20)(H,18,19). The number of aromatic nitrogens is 2. The monoisotopic (exact) mass is 270 g/mol.